The zero-order chi connectivity index (χ0) is 13.2. The Morgan fingerprint density at radius 2 is 2.11 bits per heavy atom. The molecule has 0 aliphatic rings. The number of nitrogens with zero attached hydrogens (tertiary/aromatic N) is 1. The standard InChI is InChI=1S/C11H13N3O3S/c1-8-4-2-3-5-10(8)14-18(16,17)11-9(7-15)6-12-13-11/h2-6,14-15H,7H2,1H3,(H,12,13). The molecule has 0 bridgehead atoms. The van der Waals surface area contributed by atoms with Gasteiger partial charge in [-0.25, -0.2) is 0 Å². The Morgan fingerprint density at radius 3 is 2.78 bits per heavy atom. The second kappa shape index (κ2) is 4.79. The lowest BCUT2D eigenvalue weighted by atomic mass is 10.2. The highest BCUT2D eigenvalue weighted by Crippen LogP contribution is 2.20. The smallest absolute Gasteiger partial charge is 0.279 e. The van der Waals surface area contributed by atoms with Crippen LogP contribution in [0.2, 0.25) is 0 Å². The Kier molecular flexibility index (Phi) is 3.35. The van der Waals surface area contributed by atoms with Crippen molar-refractivity contribution in [1.29, 1.82) is 0 Å². The monoisotopic (exact) mass is 267 g/mol. The van der Waals surface area contributed by atoms with E-state index in [0.29, 0.717) is 5.69 Å². The van der Waals surface area contributed by atoms with Gasteiger partial charge >= 0.3 is 0 Å². The van der Waals surface area contributed by atoms with Gasteiger partial charge in [0.05, 0.1) is 18.5 Å². The lowest BCUT2D eigenvalue weighted by Crippen LogP contribution is -2.15. The molecule has 0 unspecified atom stereocenters. The van der Waals surface area contributed by atoms with E-state index >= 15 is 0 Å². The molecular weight excluding hydrogens is 254 g/mol. The summed E-state index contributed by atoms with van der Waals surface area (Å²) in [5.74, 6) is 0. The van der Waals surface area contributed by atoms with Crippen LogP contribution in [0.5, 0.6) is 0 Å². The van der Waals surface area contributed by atoms with E-state index in [4.69, 9.17) is 5.11 Å². The summed E-state index contributed by atoms with van der Waals surface area (Å²) >= 11 is 0. The molecule has 3 N–H and O–H groups in total. The number of aliphatic hydroxyl groups is 1. The van der Waals surface area contributed by atoms with E-state index in [1.54, 1.807) is 25.1 Å². The summed E-state index contributed by atoms with van der Waals surface area (Å²) in [6, 6.07) is 7.03. The number of anilines is 1. The molecule has 1 heterocycles. The molecular formula is C11H13N3O3S. The normalized spacial score (nSPS) is 11.4. The number of para-hydroxylation sites is 1. The molecule has 2 rings (SSSR count). The van der Waals surface area contributed by atoms with Gasteiger partial charge in [0.1, 0.15) is 0 Å². The number of sulfonamides is 1. The highest BCUT2D eigenvalue weighted by atomic mass is 32.2. The number of hydrogen-bond donors (Lipinski definition) is 3. The first-order valence-electron chi connectivity index (χ1n) is 5.26. The topological polar surface area (TPSA) is 95.1 Å². The summed E-state index contributed by atoms with van der Waals surface area (Å²) in [4.78, 5) is 0. The van der Waals surface area contributed by atoms with Crippen LogP contribution in [-0.4, -0.2) is 23.7 Å². The van der Waals surface area contributed by atoms with E-state index in [0.717, 1.165) is 5.56 Å². The fraction of sp³-hybridized carbons (Fsp3) is 0.182. The molecule has 0 spiro atoms. The van der Waals surface area contributed by atoms with Crippen LogP contribution in [0.4, 0.5) is 5.69 Å². The van der Waals surface area contributed by atoms with Crippen molar-refractivity contribution in [1.82, 2.24) is 10.2 Å². The zero-order valence-electron chi connectivity index (χ0n) is 9.71. The largest absolute Gasteiger partial charge is 0.392 e. The molecule has 6 nitrogen and oxygen atoms in total. The van der Waals surface area contributed by atoms with Gasteiger partial charge in [0, 0.05) is 5.56 Å². The van der Waals surface area contributed by atoms with Gasteiger partial charge in [-0.3, -0.25) is 9.82 Å². The number of aliphatic hydroxyl groups excluding tert-OH is 1. The van der Waals surface area contributed by atoms with Gasteiger partial charge in [0.2, 0.25) is 0 Å². The lowest BCUT2D eigenvalue weighted by molar-refractivity contribution is 0.278. The zero-order valence-corrected chi connectivity index (χ0v) is 10.5. The van der Waals surface area contributed by atoms with Crippen molar-refractivity contribution in [3.05, 3.63) is 41.6 Å². The quantitative estimate of drug-likeness (QED) is 0.770. The maximum atomic E-state index is 12.1. The fourth-order valence-electron chi connectivity index (χ4n) is 1.53. The lowest BCUT2D eigenvalue weighted by Gasteiger charge is -2.09. The minimum absolute atomic E-state index is 0.117. The number of hydrogen-bond acceptors (Lipinski definition) is 4. The third kappa shape index (κ3) is 2.36. The number of aryl methyl sites for hydroxylation is 1. The van der Waals surface area contributed by atoms with Crippen LogP contribution in [0.1, 0.15) is 11.1 Å². The van der Waals surface area contributed by atoms with Crippen molar-refractivity contribution in [3.63, 3.8) is 0 Å². The van der Waals surface area contributed by atoms with Crippen LogP contribution >= 0.6 is 0 Å². The molecule has 0 saturated carbocycles. The van der Waals surface area contributed by atoms with Gasteiger partial charge in [-0.2, -0.15) is 13.5 Å². The average Bonchev–Trinajstić information content (AvgIpc) is 2.81. The summed E-state index contributed by atoms with van der Waals surface area (Å²) in [5, 5.41) is 14.9. The average molecular weight is 267 g/mol. The fourth-order valence-corrected chi connectivity index (χ4v) is 2.78. The Morgan fingerprint density at radius 1 is 1.39 bits per heavy atom. The van der Waals surface area contributed by atoms with Crippen molar-refractivity contribution in [2.45, 2.75) is 18.6 Å². The SMILES string of the molecule is Cc1ccccc1NS(=O)(=O)c1[nH]ncc1CO. The number of nitrogens with one attached hydrogen (secondary N) is 2. The Balaban J connectivity index is 2.37. The van der Waals surface area contributed by atoms with Gasteiger partial charge in [-0.1, -0.05) is 18.2 Å². The summed E-state index contributed by atoms with van der Waals surface area (Å²) in [6.07, 6.45) is 1.28. The minimum atomic E-state index is -3.76. The summed E-state index contributed by atoms with van der Waals surface area (Å²) < 4.78 is 26.7. The molecule has 0 radical (unpaired) electrons. The highest BCUT2D eigenvalue weighted by molar-refractivity contribution is 7.92. The number of rotatable bonds is 4. The molecule has 0 saturated heterocycles. The number of H-pyrrole nitrogens is 1. The summed E-state index contributed by atoms with van der Waals surface area (Å²) in [6.45, 7) is 1.41. The van der Waals surface area contributed by atoms with Crippen molar-refractivity contribution in [2.75, 3.05) is 4.72 Å². The van der Waals surface area contributed by atoms with E-state index in [9.17, 15) is 8.42 Å². The third-order valence-electron chi connectivity index (χ3n) is 2.51. The van der Waals surface area contributed by atoms with Gasteiger partial charge in [0.25, 0.3) is 10.0 Å². The van der Waals surface area contributed by atoms with Crippen LogP contribution in [0.25, 0.3) is 0 Å². The first-order valence-corrected chi connectivity index (χ1v) is 6.74. The van der Waals surface area contributed by atoms with Crippen LogP contribution < -0.4 is 4.72 Å². The van der Waals surface area contributed by atoms with Crippen molar-refractivity contribution in [2.24, 2.45) is 0 Å². The first kappa shape index (κ1) is 12.6. The van der Waals surface area contributed by atoms with E-state index in [1.165, 1.54) is 6.20 Å². The van der Waals surface area contributed by atoms with Crippen molar-refractivity contribution < 1.29 is 13.5 Å². The molecule has 0 aliphatic carbocycles. The first-order chi connectivity index (χ1) is 8.54. The van der Waals surface area contributed by atoms with Gasteiger partial charge in [-0.15, -0.1) is 0 Å². The molecule has 1 aromatic heterocycles. The van der Waals surface area contributed by atoms with E-state index in [2.05, 4.69) is 14.9 Å². The Bertz CT molecular complexity index is 649. The van der Waals surface area contributed by atoms with Crippen LogP contribution in [0.15, 0.2) is 35.5 Å². The van der Waals surface area contributed by atoms with E-state index < -0.39 is 10.0 Å². The molecule has 18 heavy (non-hydrogen) atoms. The van der Waals surface area contributed by atoms with Crippen molar-refractivity contribution >= 4 is 15.7 Å². The predicted octanol–water partition coefficient (Wildman–Crippen LogP) is 1.01. The second-order valence-electron chi connectivity index (χ2n) is 3.80. The maximum absolute atomic E-state index is 12.1. The molecule has 0 fully saturated rings. The van der Waals surface area contributed by atoms with Gasteiger partial charge in [-0.05, 0) is 18.6 Å². The Labute approximate surface area is 105 Å². The molecule has 0 amide bonds. The van der Waals surface area contributed by atoms with E-state index in [1.807, 2.05) is 6.07 Å². The molecule has 1 aromatic carbocycles. The second-order valence-corrected chi connectivity index (χ2v) is 5.42. The summed E-state index contributed by atoms with van der Waals surface area (Å²) in [7, 11) is -3.76. The van der Waals surface area contributed by atoms with E-state index in [-0.39, 0.29) is 17.2 Å². The Hall–Kier alpha value is -1.86. The molecule has 2 aromatic rings. The number of benzene rings is 1. The molecule has 7 heteroatoms. The predicted molar refractivity (Wildman–Crippen MR) is 66.5 cm³/mol. The minimum Gasteiger partial charge on any atom is -0.392 e. The maximum Gasteiger partial charge on any atom is 0.279 e. The van der Waals surface area contributed by atoms with Crippen molar-refractivity contribution in [3.8, 4) is 0 Å². The highest BCUT2D eigenvalue weighted by Gasteiger charge is 2.20. The van der Waals surface area contributed by atoms with Crippen LogP contribution in [0.3, 0.4) is 0 Å². The van der Waals surface area contributed by atoms with Gasteiger partial charge in [0.15, 0.2) is 5.03 Å². The number of aromatic nitrogens is 2. The molecule has 96 valence electrons. The number of aromatic amines is 1. The molecule has 0 aliphatic heterocycles. The molecule has 0 atom stereocenters. The van der Waals surface area contributed by atoms with Crippen LogP contribution in [0, 0.1) is 6.92 Å². The summed E-state index contributed by atoms with van der Waals surface area (Å²) in [5.41, 5.74) is 1.54. The van der Waals surface area contributed by atoms with Crippen LogP contribution in [-0.2, 0) is 16.6 Å². The van der Waals surface area contributed by atoms with Gasteiger partial charge < -0.3 is 5.11 Å². The third-order valence-corrected chi connectivity index (χ3v) is 3.89.